The van der Waals surface area contributed by atoms with E-state index in [1.54, 1.807) is 41.5 Å². The molecule has 238 valence electrons. The van der Waals surface area contributed by atoms with Gasteiger partial charge in [-0.3, -0.25) is 14.8 Å². The van der Waals surface area contributed by atoms with Crippen LogP contribution in [0.3, 0.4) is 0 Å². The van der Waals surface area contributed by atoms with Crippen LogP contribution in [0.25, 0.3) is 16.5 Å². The SMILES string of the molecule is Cc1cc(C(=O)Nc2cc(C(CCC3CC3)(N[S@+]([O-])C(C)(C)C)c3ccncc3)ccc2F)n(-c2ccc3ccnc(C)c3c2)n1. The lowest BCUT2D eigenvalue weighted by Crippen LogP contribution is -2.52. The molecule has 0 spiro atoms. The summed E-state index contributed by atoms with van der Waals surface area (Å²) in [4.78, 5) is 22.5. The minimum atomic E-state index is -1.46. The maximum absolute atomic E-state index is 15.5. The number of aryl methyl sites for hydroxylation is 2. The van der Waals surface area contributed by atoms with Crippen molar-refractivity contribution in [1.29, 1.82) is 0 Å². The highest BCUT2D eigenvalue weighted by molar-refractivity contribution is 7.90. The number of aromatic nitrogens is 4. The molecule has 3 heterocycles. The number of rotatable bonds is 10. The Bertz CT molecular complexity index is 1890. The first-order chi connectivity index (χ1) is 21.9. The van der Waals surface area contributed by atoms with Gasteiger partial charge in [-0.1, -0.05) is 25.0 Å². The molecule has 46 heavy (non-hydrogen) atoms. The van der Waals surface area contributed by atoms with Gasteiger partial charge < -0.3 is 9.87 Å². The van der Waals surface area contributed by atoms with Gasteiger partial charge in [0.15, 0.2) is 0 Å². The molecule has 2 atom stereocenters. The second-order valence-corrected chi connectivity index (χ2v) is 15.1. The summed E-state index contributed by atoms with van der Waals surface area (Å²) in [6.45, 7) is 9.51. The standard InChI is InChI=1S/C36H39FN6O2S/c1-23-20-33(43(41-23)29-10-8-26-13-19-39-24(2)30(26)22-29)34(44)40-32-21-28(9-11-31(32)37)36(16-12-25-6-7-25,27-14-17-38-18-15-27)42-46(45)35(3,4)5/h8-11,13-15,17-22,25,42H,6-7,12,16H2,1-5H3,(H,40,44)/t36?,46-/m1/s1. The quantitative estimate of drug-likeness (QED) is 0.155. The molecule has 0 aliphatic heterocycles. The summed E-state index contributed by atoms with van der Waals surface area (Å²) < 4.78 is 33.7. The van der Waals surface area contributed by atoms with Crippen molar-refractivity contribution in [3.8, 4) is 5.69 Å². The largest absolute Gasteiger partial charge is 0.598 e. The van der Waals surface area contributed by atoms with Gasteiger partial charge in [0.2, 0.25) is 0 Å². The molecule has 5 aromatic rings. The number of hydrogen-bond donors (Lipinski definition) is 2. The second kappa shape index (κ2) is 12.6. The molecule has 0 radical (unpaired) electrons. The molecule has 1 amide bonds. The van der Waals surface area contributed by atoms with Crippen molar-refractivity contribution in [2.75, 3.05) is 5.32 Å². The Hall–Kier alpha value is -4.12. The van der Waals surface area contributed by atoms with Gasteiger partial charge in [0.25, 0.3) is 5.91 Å². The first-order valence-electron chi connectivity index (χ1n) is 15.6. The van der Waals surface area contributed by atoms with Crippen molar-refractivity contribution < 1.29 is 13.7 Å². The fraction of sp³-hybridized carbons (Fsp3) is 0.333. The van der Waals surface area contributed by atoms with Crippen LogP contribution in [0.1, 0.15) is 79.5 Å². The van der Waals surface area contributed by atoms with E-state index in [1.165, 1.54) is 18.9 Å². The predicted octanol–water partition coefficient (Wildman–Crippen LogP) is 7.31. The summed E-state index contributed by atoms with van der Waals surface area (Å²) in [6.07, 6.45) is 9.08. The third kappa shape index (κ3) is 6.56. The number of amides is 1. The highest BCUT2D eigenvalue weighted by Gasteiger charge is 2.43. The first-order valence-corrected chi connectivity index (χ1v) is 16.7. The van der Waals surface area contributed by atoms with Crippen molar-refractivity contribution in [3.05, 3.63) is 113 Å². The average molecular weight is 639 g/mol. The third-order valence-electron chi connectivity index (χ3n) is 8.59. The van der Waals surface area contributed by atoms with E-state index in [9.17, 15) is 9.35 Å². The normalized spacial score (nSPS) is 15.5. The summed E-state index contributed by atoms with van der Waals surface area (Å²) in [5, 5.41) is 9.40. The third-order valence-corrected chi connectivity index (χ3v) is 10.2. The lowest BCUT2D eigenvalue weighted by atomic mass is 9.79. The van der Waals surface area contributed by atoms with Gasteiger partial charge in [-0.25, -0.2) is 9.07 Å². The van der Waals surface area contributed by atoms with E-state index in [-0.39, 0.29) is 11.4 Å². The minimum Gasteiger partial charge on any atom is -0.598 e. The smallest absolute Gasteiger partial charge is 0.274 e. The number of anilines is 1. The van der Waals surface area contributed by atoms with Gasteiger partial charge in [-0.15, -0.1) is 4.72 Å². The highest BCUT2D eigenvalue weighted by Crippen LogP contribution is 2.43. The van der Waals surface area contributed by atoms with E-state index in [2.05, 4.69) is 25.1 Å². The molecule has 1 fully saturated rings. The van der Waals surface area contributed by atoms with E-state index in [0.29, 0.717) is 29.3 Å². The van der Waals surface area contributed by atoms with Crippen molar-refractivity contribution in [3.63, 3.8) is 0 Å². The highest BCUT2D eigenvalue weighted by atomic mass is 32.2. The molecule has 1 aliphatic rings. The van der Waals surface area contributed by atoms with Gasteiger partial charge in [0, 0.05) is 41.0 Å². The van der Waals surface area contributed by atoms with Crippen LogP contribution in [0.15, 0.2) is 79.3 Å². The number of fused-ring (bicyclic) bond motifs is 1. The van der Waals surface area contributed by atoms with Gasteiger partial charge in [0.1, 0.15) is 21.8 Å². The zero-order valence-electron chi connectivity index (χ0n) is 26.8. The average Bonchev–Trinajstić information content (AvgIpc) is 3.79. The van der Waals surface area contributed by atoms with Crippen LogP contribution < -0.4 is 10.0 Å². The molecule has 8 nitrogen and oxygen atoms in total. The number of nitrogens with zero attached hydrogens (tertiary/aromatic N) is 4. The van der Waals surface area contributed by atoms with Gasteiger partial charge in [-0.2, -0.15) is 5.10 Å². The molecule has 0 bridgehead atoms. The Labute approximate surface area is 272 Å². The molecule has 1 saturated carbocycles. The maximum atomic E-state index is 15.5. The van der Waals surface area contributed by atoms with Crippen LogP contribution in [-0.4, -0.2) is 35.0 Å². The zero-order chi connectivity index (χ0) is 32.6. The van der Waals surface area contributed by atoms with Crippen LogP contribution in [-0.2, 0) is 16.9 Å². The van der Waals surface area contributed by atoms with Crippen molar-refractivity contribution in [2.24, 2.45) is 5.92 Å². The Kier molecular flexibility index (Phi) is 8.71. The number of hydrogen-bond acceptors (Lipinski definition) is 6. The van der Waals surface area contributed by atoms with Crippen molar-refractivity contribution in [1.82, 2.24) is 24.5 Å². The van der Waals surface area contributed by atoms with Gasteiger partial charge in [-0.05, 0) is 118 Å². The first kappa shape index (κ1) is 31.8. The summed E-state index contributed by atoms with van der Waals surface area (Å²) in [7, 11) is 0. The number of carbonyl (C=O) groups excluding carboxylic acids is 1. The molecule has 2 aromatic carbocycles. The number of nitrogens with one attached hydrogen (secondary N) is 2. The Morgan fingerprint density at radius 3 is 2.48 bits per heavy atom. The summed E-state index contributed by atoms with van der Waals surface area (Å²) in [6, 6.07) is 18.0. The fourth-order valence-corrected chi connectivity index (χ4v) is 6.72. The molecular formula is C36H39FN6O2S. The summed E-state index contributed by atoms with van der Waals surface area (Å²) in [5.74, 6) is -0.475. The lowest BCUT2D eigenvalue weighted by molar-refractivity contribution is 0.101. The minimum absolute atomic E-state index is 0.0275. The van der Waals surface area contributed by atoms with Crippen LogP contribution >= 0.6 is 0 Å². The summed E-state index contributed by atoms with van der Waals surface area (Å²) in [5.41, 5.74) is 3.18. The Balaban J connectivity index is 1.39. The molecule has 0 saturated heterocycles. The molecule has 6 rings (SSSR count). The molecule has 1 unspecified atom stereocenters. The van der Waals surface area contributed by atoms with Crippen LogP contribution in [0.5, 0.6) is 0 Å². The van der Waals surface area contributed by atoms with E-state index in [4.69, 9.17) is 0 Å². The van der Waals surface area contributed by atoms with Crippen molar-refractivity contribution >= 4 is 33.7 Å². The van der Waals surface area contributed by atoms with E-state index in [0.717, 1.165) is 28.5 Å². The number of halogens is 1. The van der Waals surface area contributed by atoms with Crippen LogP contribution in [0, 0.1) is 25.6 Å². The van der Waals surface area contributed by atoms with Gasteiger partial charge in [0.05, 0.1) is 17.1 Å². The molecular weight excluding hydrogens is 600 g/mol. The number of carbonyl (C=O) groups is 1. The number of benzene rings is 2. The Morgan fingerprint density at radius 2 is 1.76 bits per heavy atom. The van der Waals surface area contributed by atoms with E-state index < -0.39 is 33.4 Å². The van der Waals surface area contributed by atoms with Gasteiger partial charge >= 0.3 is 0 Å². The second-order valence-electron chi connectivity index (χ2n) is 13.1. The number of pyridine rings is 2. The fourth-order valence-electron chi connectivity index (χ4n) is 5.76. The molecule has 3 aromatic heterocycles. The zero-order valence-corrected chi connectivity index (χ0v) is 27.6. The lowest BCUT2D eigenvalue weighted by Gasteiger charge is -2.38. The topological polar surface area (TPSA) is 108 Å². The molecule has 10 heteroatoms. The molecule has 1 aliphatic carbocycles. The van der Waals surface area contributed by atoms with Crippen molar-refractivity contribution in [2.45, 2.75) is 70.6 Å². The maximum Gasteiger partial charge on any atom is 0.274 e. The summed E-state index contributed by atoms with van der Waals surface area (Å²) >= 11 is -1.46. The Morgan fingerprint density at radius 1 is 1.00 bits per heavy atom. The predicted molar refractivity (Wildman–Crippen MR) is 181 cm³/mol. The van der Waals surface area contributed by atoms with Crippen LogP contribution in [0.2, 0.25) is 0 Å². The van der Waals surface area contributed by atoms with E-state index >= 15 is 4.39 Å². The van der Waals surface area contributed by atoms with E-state index in [1.807, 2.05) is 71.0 Å². The molecule has 2 N–H and O–H groups in total. The monoisotopic (exact) mass is 638 g/mol. The van der Waals surface area contributed by atoms with Crippen LogP contribution in [0.4, 0.5) is 10.1 Å².